The highest BCUT2D eigenvalue weighted by Gasteiger charge is 2.38. The second kappa shape index (κ2) is 6.00. The fraction of sp³-hybridized carbons (Fsp3) is 0.471. The van der Waals surface area contributed by atoms with Crippen molar-refractivity contribution in [2.24, 2.45) is 0 Å². The highest BCUT2D eigenvalue weighted by molar-refractivity contribution is 5.93. The van der Waals surface area contributed by atoms with E-state index in [-0.39, 0.29) is 5.91 Å². The minimum atomic E-state index is 0.0269. The summed E-state index contributed by atoms with van der Waals surface area (Å²) in [6, 6.07) is 10.0. The van der Waals surface area contributed by atoms with Crippen molar-refractivity contribution in [1.82, 2.24) is 9.80 Å². The van der Waals surface area contributed by atoms with Crippen molar-refractivity contribution in [3.05, 3.63) is 48.0 Å². The van der Waals surface area contributed by atoms with Crippen molar-refractivity contribution in [3.8, 4) is 0 Å². The van der Waals surface area contributed by atoms with E-state index in [1.165, 1.54) is 6.42 Å². The first-order valence-corrected chi connectivity index (χ1v) is 7.47. The van der Waals surface area contributed by atoms with E-state index < -0.39 is 0 Å². The molecule has 3 fully saturated rings. The van der Waals surface area contributed by atoms with Crippen LogP contribution in [-0.4, -0.2) is 54.6 Å². The number of piperidine rings is 1. The molecule has 2 atom stereocenters. The first-order valence-electron chi connectivity index (χ1n) is 7.47. The number of amides is 1. The Balaban J connectivity index is 1.50. The van der Waals surface area contributed by atoms with Gasteiger partial charge in [0, 0.05) is 45.2 Å². The van der Waals surface area contributed by atoms with E-state index in [9.17, 15) is 4.79 Å². The van der Waals surface area contributed by atoms with Crippen LogP contribution in [0.2, 0.25) is 0 Å². The predicted octanol–water partition coefficient (Wildman–Crippen LogP) is 1.67. The molecule has 0 aliphatic carbocycles. The molecule has 3 saturated heterocycles. The molecule has 4 rings (SSSR count). The van der Waals surface area contributed by atoms with E-state index in [1.807, 2.05) is 37.4 Å². The van der Waals surface area contributed by atoms with Gasteiger partial charge in [0.2, 0.25) is 0 Å². The lowest BCUT2D eigenvalue weighted by Crippen LogP contribution is -2.57. The number of fused-ring (bicyclic) bond motifs is 2. The fourth-order valence-electron chi connectivity index (χ4n) is 3.11. The average Bonchev–Trinajstić information content (AvgIpc) is 2.46. The number of rotatable bonds is 5. The molecule has 4 heteroatoms. The van der Waals surface area contributed by atoms with Gasteiger partial charge in [-0.15, -0.1) is 0 Å². The second-order valence-electron chi connectivity index (χ2n) is 6.06. The molecule has 1 aromatic rings. The number of morpholine rings is 1. The molecule has 0 N–H and O–H groups in total. The summed E-state index contributed by atoms with van der Waals surface area (Å²) in [5, 5.41) is 0. The summed E-state index contributed by atoms with van der Waals surface area (Å²) < 4.78 is 5.61. The van der Waals surface area contributed by atoms with Gasteiger partial charge in [-0.2, -0.15) is 0 Å². The molecule has 1 aromatic carbocycles. The molecule has 3 aliphatic heterocycles. The monoisotopic (exact) mass is 286 g/mol. The maximum Gasteiger partial charge on any atom is 0.250 e. The van der Waals surface area contributed by atoms with Gasteiger partial charge in [0.1, 0.15) is 0 Å². The molecular weight excluding hydrogens is 264 g/mol. The average molecular weight is 286 g/mol. The van der Waals surface area contributed by atoms with E-state index >= 15 is 0 Å². The predicted molar refractivity (Wildman–Crippen MR) is 81.8 cm³/mol. The summed E-state index contributed by atoms with van der Waals surface area (Å²) in [6.07, 6.45) is 1.91. The summed E-state index contributed by atoms with van der Waals surface area (Å²) in [5.74, 6) is 0.0269. The number of hydrogen-bond acceptors (Lipinski definition) is 3. The van der Waals surface area contributed by atoms with Crippen LogP contribution >= 0.6 is 0 Å². The first kappa shape index (κ1) is 14.3. The number of likely N-dealkylation sites (N-methyl/N-ethyl adjacent to an activating group) is 1. The number of hydrogen-bond donors (Lipinski definition) is 0. The lowest BCUT2D eigenvalue weighted by atomic mass is 9.98. The van der Waals surface area contributed by atoms with Crippen molar-refractivity contribution in [2.45, 2.75) is 25.2 Å². The van der Waals surface area contributed by atoms with Gasteiger partial charge in [-0.1, -0.05) is 36.9 Å². The van der Waals surface area contributed by atoms with Crippen molar-refractivity contribution < 1.29 is 9.53 Å². The lowest BCUT2D eigenvalue weighted by molar-refractivity contribution is -0.179. The third-order valence-corrected chi connectivity index (χ3v) is 4.16. The molecule has 4 nitrogen and oxygen atoms in total. The van der Waals surface area contributed by atoms with Crippen LogP contribution in [0.25, 0.3) is 0 Å². The number of ether oxygens (including phenoxy) is 1. The van der Waals surface area contributed by atoms with Crippen molar-refractivity contribution in [3.63, 3.8) is 0 Å². The van der Waals surface area contributed by atoms with Crippen molar-refractivity contribution in [1.29, 1.82) is 0 Å². The molecule has 0 aromatic heterocycles. The Hall–Kier alpha value is -1.65. The highest BCUT2D eigenvalue weighted by Crippen LogP contribution is 2.28. The smallest absolute Gasteiger partial charge is 0.250 e. The molecule has 21 heavy (non-hydrogen) atoms. The molecular formula is C17H22N2O2. The van der Waals surface area contributed by atoms with Crippen LogP contribution in [0.15, 0.2) is 42.5 Å². The summed E-state index contributed by atoms with van der Waals surface area (Å²) in [5.41, 5.74) is 1.79. The SMILES string of the molecule is C=C(CN1CC2CC(C1)O2)C(=O)N(C)Cc1ccccc1. The van der Waals surface area contributed by atoms with Gasteiger partial charge in [-0.3, -0.25) is 9.69 Å². The summed E-state index contributed by atoms with van der Waals surface area (Å²) in [6.45, 7) is 7.09. The summed E-state index contributed by atoms with van der Waals surface area (Å²) in [7, 11) is 1.83. The van der Waals surface area contributed by atoms with Crippen molar-refractivity contribution in [2.75, 3.05) is 26.7 Å². The Kier molecular flexibility index (Phi) is 4.08. The number of nitrogens with zero attached hydrogens (tertiary/aromatic N) is 2. The second-order valence-corrected chi connectivity index (χ2v) is 6.06. The summed E-state index contributed by atoms with van der Waals surface area (Å²) >= 11 is 0. The lowest BCUT2D eigenvalue weighted by Gasteiger charge is -2.47. The normalized spacial score (nSPS) is 24.2. The van der Waals surface area contributed by atoms with Crippen LogP contribution in [0.3, 0.4) is 0 Å². The van der Waals surface area contributed by atoms with Gasteiger partial charge < -0.3 is 9.64 Å². The van der Waals surface area contributed by atoms with E-state index in [2.05, 4.69) is 11.5 Å². The molecule has 0 saturated carbocycles. The zero-order chi connectivity index (χ0) is 14.8. The van der Waals surface area contributed by atoms with E-state index in [0.717, 1.165) is 18.7 Å². The van der Waals surface area contributed by atoms with E-state index in [4.69, 9.17) is 4.74 Å². The molecule has 3 aliphatic rings. The van der Waals surface area contributed by atoms with Gasteiger partial charge in [0.15, 0.2) is 0 Å². The third-order valence-electron chi connectivity index (χ3n) is 4.16. The molecule has 0 spiro atoms. The molecule has 2 bridgehead atoms. The number of carbonyl (C=O) groups excluding carboxylic acids is 1. The highest BCUT2D eigenvalue weighted by atomic mass is 16.5. The Labute approximate surface area is 126 Å². The van der Waals surface area contributed by atoms with Gasteiger partial charge >= 0.3 is 0 Å². The topological polar surface area (TPSA) is 32.8 Å². The van der Waals surface area contributed by atoms with Crippen molar-refractivity contribution >= 4 is 5.91 Å². The Morgan fingerprint density at radius 3 is 2.57 bits per heavy atom. The van der Waals surface area contributed by atoms with Crippen LogP contribution in [0.4, 0.5) is 0 Å². The largest absolute Gasteiger partial charge is 0.372 e. The minimum absolute atomic E-state index is 0.0269. The molecule has 3 heterocycles. The van der Waals surface area contributed by atoms with Crippen LogP contribution < -0.4 is 0 Å². The van der Waals surface area contributed by atoms with Crippen LogP contribution in [-0.2, 0) is 16.1 Å². The van der Waals surface area contributed by atoms with Crippen LogP contribution in [0.5, 0.6) is 0 Å². The minimum Gasteiger partial charge on any atom is -0.372 e. The molecule has 2 unspecified atom stereocenters. The molecule has 0 radical (unpaired) electrons. The van der Waals surface area contributed by atoms with E-state index in [1.54, 1.807) is 4.90 Å². The Bertz CT molecular complexity index is 513. The fourth-order valence-corrected chi connectivity index (χ4v) is 3.11. The maximum atomic E-state index is 12.4. The zero-order valence-electron chi connectivity index (χ0n) is 12.5. The van der Waals surface area contributed by atoms with Crippen LogP contribution in [0, 0.1) is 0 Å². The van der Waals surface area contributed by atoms with Gasteiger partial charge in [0.25, 0.3) is 5.91 Å². The number of benzene rings is 1. The quantitative estimate of drug-likeness (QED) is 0.772. The summed E-state index contributed by atoms with van der Waals surface area (Å²) in [4.78, 5) is 16.4. The molecule has 112 valence electrons. The van der Waals surface area contributed by atoms with Gasteiger partial charge in [-0.05, 0) is 5.56 Å². The molecule has 1 amide bonds. The standard InChI is InChI=1S/C17H22N2O2/c1-13(9-19-11-15-8-16(12-19)21-15)17(20)18(2)10-14-6-4-3-5-7-14/h3-7,15-16H,1,8-12H2,2H3. The zero-order valence-corrected chi connectivity index (χ0v) is 12.5. The van der Waals surface area contributed by atoms with E-state index in [0.29, 0.717) is 30.9 Å². The van der Waals surface area contributed by atoms with Gasteiger partial charge in [0.05, 0.1) is 12.2 Å². The van der Waals surface area contributed by atoms with Gasteiger partial charge in [-0.25, -0.2) is 0 Å². The first-order chi connectivity index (χ1) is 10.1. The van der Waals surface area contributed by atoms with Crippen LogP contribution in [0.1, 0.15) is 12.0 Å². The third kappa shape index (κ3) is 3.34. The number of carbonyl (C=O) groups is 1. The maximum absolute atomic E-state index is 12.4. The Morgan fingerprint density at radius 1 is 1.33 bits per heavy atom. The Morgan fingerprint density at radius 2 is 1.95 bits per heavy atom.